The molecule has 0 saturated carbocycles. The summed E-state index contributed by atoms with van der Waals surface area (Å²) in [6.07, 6.45) is 2.02. The van der Waals surface area contributed by atoms with E-state index in [1.165, 1.54) is 12.1 Å². The number of methoxy groups -OCH3 is 1. The highest BCUT2D eigenvalue weighted by Crippen LogP contribution is 2.34. The molecule has 154 valence electrons. The van der Waals surface area contributed by atoms with Crippen molar-refractivity contribution in [2.45, 2.75) is 32.2 Å². The summed E-state index contributed by atoms with van der Waals surface area (Å²) < 4.78 is 18.7. The van der Waals surface area contributed by atoms with Crippen molar-refractivity contribution in [1.82, 2.24) is 9.88 Å². The molecule has 0 bridgehead atoms. The molecule has 1 aliphatic heterocycles. The number of ether oxygens (including phenoxy) is 1. The molecule has 0 spiro atoms. The number of benzene rings is 2. The number of nitrogens with zero attached hydrogens (tertiary/aromatic N) is 2. The van der Waals surface area contributed by atoms with Gasteiger partial charge in [-0.3, -0.25) is 9.78 Å². The first kappa shape index (κ1) is 20.1. The Morgan fingerprint density at radius 3 is 2.67 bits per heavy atom. The van der Waals surface area contributed by atoms with Gasteiger partial charge < -0.3 is 9.64 Å². The van der Waals surface area contributed by atoms with Crippen molar-refractivity contribution in [2.24, 2.45) is 0 Å². The zero-order valence-electron chi connectivity index (χ0n) is 17.3. The summed E-state index contributed by atoms with van der Waals surface area (Å²) in [4.78, 5) is 19.6. The van der Waals surface area contributed by atoms with Gasteiger partial charge in [-0.25, -0.2) is 4.39 Å². The quantitative estimate of drug-likeness (QED) is 0.593. The highest BCUT2D eigenvalue weighted by atomic mass is 19.1. The van der Waals surface area contributed by atoms with Crippen LogP contribution in [0.15, 0.2) is 60.7 Å². The van der Waals surface area contributed by atoms with Crippen LogP contribution in [0.5, 0.6) is 5.75 Å². The number of amides is 1. The number of aromatic nitrogens is 1. The van der Waals surface area contributed by atoms with Crippen LogP contribution in [0, 0.1) is 12.7 Å². The molecule has 5 heteroatoms. The molecule has 1 atom stereocenters. The van der Waals surface area contributed by atoms with E-state index in [1.54, 1.807) is 19.2 Å². The largest absolute Gasteiger partial charge is 0.497 e. The Labute approximate surface area is 176 Å². The Kier molecular flexibility index (Phi) is 5.79. The molecule has 1 fully saturated rings. The van der Waals surface area contributed by atoms with Gasteiger partial charge in [-0.05, 0) is 72.9 Å². The van der Waals surface area contributed by atoms with E-state index in [1.807, 2.05) is 36.1 Å². The van der Waals surface area contributed by atoms with Crippen LogP contribution >= 0.6 is 0 Å². The Balaban J connectivity index is 1.58. The van der Waals surface area contributed by atoms with Gasteiger partial charge in [0.05, 0.1) is 25.3 Å². The van der Waals surface area contributed by atoms with Crippen LogP contribution in [-0.2, 0) is 11.2 Å². The van der Waals surface area contributed by atoms with E-state index in [0.29, 0.717) is 12.1 Å². The van der Waals surface area contributed by atoms with Gasteiger partial charge in [0, 0.05) is 12.2 Å². The van der Waals surface area contributed by atoms with Crippen molar-refractivity contribution in [3.63, 3.8) is 0 Å². The lowest BCUT2D eigenvalue weighted by Gasteiger charge is -2.25. The average molecular weight is 404 g/mol. The molecule has 0 unspecified atom stereocenters. The minimum Gasteiger partial charge on any atom is -0.497 e. The molecule has 2 aromatic carbocycles. The van der Waals surface area contributed by atoms with Gasteiger partial charge in [-0.2, -0.15) is 0 Å². The molecular weight excluding hydrogens is 379 g/mol. The van der Waals surface area contributed by atoms with Crippen LogP contribution in [-0.4, -0.2) is 29.4 Å². The standard InChI is InChI=1S/C25H25FN2O2/c1-17-13-20(19-8-10-22(30-2)11-9-19)16-23(27-17)24-7-4-12-28(24)25(29)15-18-5-3-6-21(26)14-18/h3,5-6,8-11,13-14,16,24H,4,7,12,15H2,1-2H3/t24-/m0/s1. The first-order valence-corrected chi connectivity index (χ1v) is 10.2. The summed E-state index contributed by atoms with van der Waals surface area (Å²) in [5.74, 6) is 0.509. The van der Waals surface area contributed by atoms with Crippen LogP contribution in [0.2, 0.25) is 0 Å². The number of carbonyl (C=O) groups is 1. The van der Waals surface area contributed by atoms with Crippen LogP contribution in [0.3, 0.4) is 0 Å². The SMILES string of the molecule is COc1ccc(-c2cc(C)nc([C@@H]3CCCN3C(=O)Cc3cccc(F)c3)c2)cc1. The summed E-state index contributed by atoms with van der Waals surface area (Å²) in [7, 11) is 1.65. The van der Waals surface area contributed by atoms with Gasteiger partial charge in [0.1, 0.15) is 11.6 Å². The molecule has 4 rings (SSSR count). The van der Waals surface area contributed by atoms with Gasteiger partial charge in [0.25, 0.3) is 0 Å². The maximum Gasteiger partial charge on any atom is 0.227 e. The molecule has 0 aliphatic carbocycles. The number of hydrogen-bond acceptors (Lipinski definition) is 3. The van der Waals surface area contributed by atoms with E-state index < -0.39 is 0 Å². The number of rotatable bonds is 5. The van der Waals surface area contributed by atoms with Crippen molar-refractivity contribution < 1.29 is 13.9 Å². The van der Waals surface area contributed by atoms with E-state index in [0.717, 1.165) is 41.1 Å². The predicted molar refractivity (Wildman–Crippen MR) is 115 cm³/mol. The number of aryl methyl sites for hydroxylation is 1. The lowest BCUT2D eigenvalue weighted by Crippen LogP contribution is -2.32. The maximum atomic E-state index is 13.5. The van der Waals surface area contributed by atoms with Crippen LogP contribution in [0.1, 0.15) is 35.8 Å². The number of carbonyl (C=O) groups excluding carboxylic acids is 1. The topological polar surface area (TPSA) is 42.4 Å². The average Bonchev–Trinajstić information content (AvgIpc) is 3.24. The van der Waals surface area contributed by atoms with Crippen LogP contribution in [0.4, 0.5) is 4.39 Å². The van der Waals surface area contributed by atoms with E-state index in [-0.39, 0.29) is 24.2 Å². The number of halogens is 1. The van der Waals surface area contributed by atoms with Gasteiger partial charge >= 0.3 is 0 Å². The van der Waals surface area contributed by atoms with Gasteiger partial charge in [0.15, 0.2) is 0 Å². The minimum atomic E-state index is -0.317. The number of pyridine rings is 1. The zero-order chi connectivity index (χ0) is 21.1. The molecule has 1 saturated heterocycles. The van der Waals surface area contributed by atoms with Crippen molar-refractivity contribution >= 4 is 5.91 Å². The highest BCUT2D eigenvalue weighted by molar-refractivity contribution is 5.79. The van der Waals surface area contributed by atoms with Crippen molar-refractivity contribution in [1.29, 1.82) is 0 Å². The summed E-state index contributed by atoms with van der Waals surface area (Å²) in [6, 6.07) is 18.3. The molecule has 30 heavy (non-hydrogen) atoms. The normalized spacial score (nSPS) is 16.0. The summed E-state index contributed by atoms with van der Waals surface area (Å²) in [6.45, 7) is 2.68. The second kappa shape index (κ2) is 8.66. The molecule has 0 N–H and O–H groups in total. The van der Waals surface area contributed by atoms with Crippen molar-refractivity contribution in [3.8, 4) is 16.9 Å². The fourth-order valence-corrected chi connectivity index (χ4v) is 4.11. The molecule has 0 radical (unpaired) electrons. The molecule has 1 amide bonds. The Hall–Kier alpha value is -3.21. The fourth-order valence-electron chi connectivity index (χ4n) is 4.11. The first-order valence-electron chi connectivity index (χ1n) is 10.2. The second-order valence-electron chi connectivity index (χ2n) is 7.70. The van der Waals surface area contributed by atoms with Gasteiger partial charge in [0.2, 0.25) is 5.91 Å². The molecule has 1 aliphatic rings. The van der Waals surface area contributed by atoms with E-state index in [9.17, 15) is 9.18 Å². The second-order valence-corrected chi connectivity index (χ2v) is 7.70. The third-order valence-electron chi connectivity index (χ3n) is 5.56. The maximum absolute atomic E-state index is 13.5. The predicted octanol–water partition coefficient (Wildman–Crippen LogP) is 5.11. The van der Waals surface area contributed by atoms with Gasteiger partial charge in [-0.1, -0.05) is 24.3 Å². The summed E-state index contributed by atoms with van der Waals surface area (Å²) >= 11 is 0. The van der Waals surface area contributed by atoms with Crippen molar-refractivity contribution in [3.05, 3.63) is 83.4 Å². The lowest BCUT2D eigenvalue weighted by atomic mass is 10.0. The van der Waals surface area contributed by atoms with Crippen molar-refractivity contribution in [2.75, 3.05) is 13.7 Å². The Morgan fingerprint density at radius 2 is 1.93 bits per heavy atom. The number of likely N-dealkylation sites (tertiary alicyclic amines) is 1. The first-order chi connectivity index (χ1) is 14.5. The molecule has 4 nitrogen and oxygen atoms in total. The molecule has 1 aromatic heterocycles. The minimum absolute atomic E-state index is 0.0115. The third-order valence-corrected chi connectivity index (χ3v) is 5.56. The summed E-state index contributed by atoms with van der Waals surface area (Å²) in [5, 5.41) is 0. The fraction of sp³-hybridized carbons (Fsp3) is 0.280. The van der Waals surface area contributed by atoms with E-state index in [2.05, 4.69) is 12.1 Å². The molecular formula is C25H25FN2O2. The highest BCUT2D eigenvalue weighted by Gasteiger charge is 2.31. The van der Waals surface area contributed by atoms with E-state index >= 15 is 0 Å². The van der Waals surface area contributed by atoms with Gasteiger partial charge in [-0.15, -0.1) is 0 Å². The Morgan fingerprint density at radius 1 is 1.13 bits per heavy atom. The summed E-state index contributed by atoms with van der Waals surface area (Å²) in [5.41, 5.74) is 4.68. The third kappa shape index (κ3) is 4.35. The smallest absolute Gasteiger partial charge is 0.227 e. The van der Waals surface area contributed by atoms with Crippen LogP contribution < -0.4 is 4.74 Å². The molecule has 3 aromatic rings. The zero-order valence-corrected chi connectivity index (χ0v) is 17.3. The lowest BCUT2D eigenvalue weighted by molar-refractivity contribution is -0.131. The monoisotopic (exact) mass is 404 g/mol. The number of hydrogen-bond donors (Lipinski definition) is 0. The van der Waals surface area contributed by atoms with Crippen LogP contribution in [0.25, 0.3) is 11.1 Å². The van der Waals surface area contributed by atoms with E-state index in [4.69, 9.17) is 9.72 Å². The Bertz CT molecular complexity index is 1050. The molecule has 2 heterocycles.